The van der Waals surface area contributed by atoms with E-state index in [9.17, 15) is 4.79 Å². The summed E-state index contributed by atoms with van der Waals surface area (Å²) in [6, 6.07) is 13.8. The van der Waals surface area contributed by atoms with E-state index in [2.05, 4.69) is 22.8 Å². The second-order valence-electron chi connectivity index (χ2n) is 4.27. The van der Waals surface area contributed by atoms with E-state index in [-0.39, 0.29) is 5.91 Å². The second-order valence-corrected chi connectivity index (χ2v) is 4.27. The number of rotatable bonds is 7. The summed E-state index contributed by atoms with van der Waals surface area (Å²) in [5.41, 5.74) is 1.23. The van der Waals surface area contributed by atoms with Gasteiger partial charge in [0.25, 0.3) is 0 Å². The lowest BCUT2D eigenvalue weighted by Gasteiger charge is -2.06. The number of nitrogens with one attached hydrogen (secondary N) is 2. The summed E-state index contributed by atoms with van der Waals surface area (Å²) in [5, 5.41) is 5.91. The molecule has 2 N–H and O–H groups in total. The molecule has 0 aliphatic rings. The maximum atomic E-state index is 11.6. The summed E-state index contributed by atoms with van der Waals surface area (Å²) in [6.45, 7) is 1.53. The third kappa shape index (κ3) is 4.97. The molecule has 4 nitrogen and oxygen atoms in total. The fourth-order valence-corrected chi connectivity index (χ4v) is 1.77. The Bertz CT molecular complexity index is 480. The van der Waals surface area contributed by atoms with Crippen molar-refractivity contribution in [3.63, 3.8) is 0 Å². The van der Waals surface area contributed by atoms with Crippen LogP contribution >= 0.6 is 0 Å². The minimum atomic E-state index is 0.00230. The Kier molecular flexibility index (Phi) is 5.19. The molecule has 1 heterocycles. The predicted octanol–water partition coefficient (Wildman–Crippen LogP) is 1.73. The number of hydrogen-bond donors (Lipinski definition) is 2. The van der Waals surface area contributed by atoms with Crippen molar-refractivity contribution in [2.75, 3.05) is 13.1 Å². The fourth-order valence-electron chi connectivity index (χ4n) is 1.77. The Morgan fingerprint density at radius 3 is 2.68 bits per heavy atom. The monoisotopic (exact) mass is 258 g/mol. The quantitative estimate of drug-likeness (QED) is 0.795. The zero-order valence-electron chi connectivity index (χ0n) is 10.8. The van der Waals surface area contributed by atoms with Crippen LogP contribution in [0.1, 0.15) is 11.3 Å². The highest BCUT2D eigenvalue weighted by molar-refractivity contribution is 5.77. The van der Waals surface area contributed by atoms with E-state index in [1.54, 1.807) is 6.26 Å². The minimum absolute atomic E-state index is 0.00230. The molecule has 0 unspecified atom stereocenters. The zero-order chi connectivity index (χ0) is 13.3. The van der Waals surface area contributed by atoms with Crippen LogP contribution in [0.15, 0.2) is 53.1 Å². The minimum Gasteiger partial charge on any atom is -0.468 e. The highest BCUT2D eigenvalue weighted by Crippen LogP contribution is 1.99. The van der Waals surface area contributed by atoms with Gasteiger partial charge in [0.1, 0.15) is 5.76 Å². The first-order chi connectivity index (χ1) is 9.34. The largest absolute Gasteiger partial charge is 0.468 e. The van der Waals surface area contributed by atoms with E-state index < -0.39 is 0 Å². The second kappa shape index (κ2) is 7.38. The molecule has 0 atom stereocenters. The standard InChI is InChI=1S/C15H18N2O2/c18-15(12-16-11-14-7-4-10-19-14)17-9-8-13-5-2-1-3-6-13/h1-7,10,16H,8-9,11-12H2,(H,17,18). The lowest BCUT2D eigenvalue weighted by atomic mass is 10.1. The van der Waals surface area contributed by atoms with E-state index in [0.29, 0.717) is 19.6 Å². The van der Waals surface area contributed by atoms with Gasteiger partial charge in [-0.05, 0) is 24.1 Å². The molecule has 4 heteroatoms. The normalized spacial score (nSPS) is 10.3. The average molecular weight is 258 g/mol. The van der Waals surface area contributed by atoms with Crippen LogP contribution in [-0.4, -0.2) is 19.0 Å². The highest BCUT2D eigenvalue weighted by atomic mass is 16.3. The Morgan fingerprint density at radius 2 is 1.95 bits per heavy atom. The first-order valence-electron chi connectivity index (χ1n) is 6.38. The van der Waals surface area contributed by atoms with Crippen LogP contribution in [0, 0.1) is 0 Å². The van der Waals surface area contributed by atoms with Crippen molar-refractivity contribution in [2.24, 2.45) is 0 Å². The van der Waals surface area contributed by atoms with Crippen molar-refractivity contribution < 1.29 is 9.21 Å². The average Bonchev–Trinajstić information content (AvgIpc) is 2.93. The van der Waals surface area contributed by atoms with Gasteiger partial charge >= 0.3 is 0 Å². The van der Waals surface area contributed by atoms with E-state index in [0.717, 1.165) is 12.2 Å². The van der Waals surface area contributed by atoms with Crippen LogP contribution < -0.4 is 10.6 Å². The molecule has 0 saturated heterocycles. The molecule has 0 radical (unpaired) electrons. The van der Waals surface area contributed by atoms with Gasteiger partial charge in [0.2, 0.25) is 5.91 Å². The SMILES string of the molecule is O=C(CNCc1ccco1)NCCc1ccccc1. The maximum Gasteiger partial charge on any atom is 0.233 e. The first kappa shape index (κ1) is 13.4. The highest BCUT2D eigenvalue weighted by Gasteiger charge is 2.01. The summed E-state index contributed by atoms with van der Waals surface area (Å²) < 4.78 is 5.16. The van der Waals surface area contributed by atoms with E-state index in [1.165, 1.54) is 5.56 Å². The predicted molar refractivity (Wildman–Crippen MR) is 73.6 cm³/mol. The molecule has 0 aliphatic heterocycles. The van der Waals surface area contributed by atoms with Gasteiger partial charge in [-0.15, -0.1) is 0 Å². The summed E-state index contributed by atoms with van der Waals surface area (Å²) >= 11 is 0. The van der Waals surface area contributed by atoms with E-state index >= 15 is 0 Å². The van der Waals surface area contributed by atoms with Crippen LogP contribution in [0.2, 0.25) is 0 Å². The molecule has 0 spiro atoms. The molecule has 2 aromatic rings. The van der Waals surface area contributed by atoms with Gasteiger partial charge in [0.05, 0.1) is 19.4 Å². The van der Waals surface area contributed by atoms with Crippen molar-refractivity contribution >= 4 is 5.91 Å². The molecule has 0 fully saturated rings. The van der Waals surface area contributed by atoms with Gasteiger partial charge in [-0.25, -0.2) is 0 Å². The van der Waals surface area contributed by atoms with Crippen LogP contribution in [0.3, 0.4) is 0 Å². The van der Waals surface area contributed by atoms with Crippen LogP contribution in [0.4, 0.5) is 0 Å². The molecule has 0 bridgehead atoms. The molecule has 1 aromatic heterocycles. The van der Waals surface area contributed by atoms with Crippen molar-refractivity contribution in [3.8, 4) is 0 Å². The van der Waals surface area contributed by atoms with Gasteiger partial charge in [0.15, 0.2) is 0 Å². The first-order valence-corrected chi connectivity index (χ1v) is 6.38. The van der Waals surface area contributed by atoms with Gasteiger partial charge in [0, 0.05) is 6.54 Å². The smallest absolute Gasteiger partial charge is 0.233 e. The van der Waals surface area contributed by atoms with Gasteiger partial charge in [-0.3, -0.25) is 4.79 Å². The Labute approximate surface area is 112 Å². The number of carbonyl (C=O) groups excluding carboxylic acids is 1. The molecule has 19 heavy (non-hydrogen) atoms. The summed E-state index contributed by atoms with van der Waals surface area (Å²) in [7, 11) is 0. The zero-order valence-corrected chi connectivity index (χ0v) is 10.8. The number of amides is 1. The van der Waals surface area contributed by atoms with Crippen LogP contribution in [0.5, 0.6) is 0 Å². The third-order valence-corrected chi connectivity index (χ3v) is 2.74. The molecule has 0 saturated carbocycles. The van der Waals surface area contributed by atoms with E-state index in [4.69, 9.17) is 4.42 Å². The topological polar surface area (TPSA) is 54.3 Å². The number of hydrogen-bond acceptors (Lipinski definition) is 3. The number of furan rings is 1. The molecular weight excluding hydrogens is 240 g/mol. The van der Waals surface area contributed by atoms with Crippen LogP contribution in [-0.2, 0) is 17.8 Å². The summed E-state index contributed by atoms with van der Waals surface area (Å²) in [5.74, 6) is 0.833. The molecule has 1 aromatic carbocycles. The van der Waals surface area contributed by atoms with Crippen LogP contribution in [0.25, 0.3) is 0 Å². The fraction of sp³-hybridized carbons (Fsp3) is 0.267. The van der Waals surface area contributed by atoms with Gasteiger partial charge < -0.3 is 15.1 Å². The maximum absolute atomic E-state index is 11.6. The van der Waals surface area contributed by atoms with Gasteiger partial charge in [-0.2, -0.15) is 0 Å². The lowest BCUT2D eigenvalue weighted by molar-refractivity contribution is -0.120. The van der Waals surface area contributed by atoms with Crippen molar-refractivity contribution in [2.45, 2.75) is 13.0 Å². The lowest BCUT2D eigenvalue weighted by Crippen LogP contribution is -2.34. The molecule has 0 aliphatic carbocycles. The van der Waals surface area contributed by atoms with Crippen molar-refractivity contribution in [3.05, 3.63) is 60.1 Å². The van der Waals surface area contributed by atoms with Crippen molar-refractivity contribution in [1.82, 2.24) is 10.6 Å². The number of carbonyl (C=O) groups is 1. The summed E-state index contributed by atoms with van der Waals surface area (Å²) in [6.07, 6.45) is 2.47. The third-order valence-electron chi connectivity index (χ3n) is 2.74. The molecule has 2 rings (SSSR count). The molecule has 1 amide bonds. The van der Waals surface area contributed by atoms with E-state index in [1.807, 2.05) is 30.3 Å². The number of benzene rings is 1. The van der Waals surface area contributed by atoms with Gasteiger partial charge in [-0.1, -0.05) is 30.3 Å². The molecular formula is C15H18N2O2. The van der Waals surface area contributed by atoms with Crippen molar-refractivity contribution in [1.29, 1.82) is 0 Å². The molecule has 100 valence electrons. The summed E-state index contributed by atoms with van der Waals surface area (Å²) in [4.78, 5) is 11.6. The Hall–Kier alpha value is -2.07. The Balaban J connectivity index is 1.57. The Morgan fingerprint density at radius 1 is 1.11 bits per heavy atom.